The lowest BCUT2D eigenvalue weighted by Gasteiger charge is -2.35. The van der Waals surface area contributed by atoms with Gasteiger partial charge < -0.3 is 9.80 Å². The topological polar surface area (TPSA) is 92.5 Å². The molecule has 8 nitrogen and oxygen atoms in total. The van der Waals surface area contributed by atoms with Crippen LogP contribution in [0.1, 0.15) is 10.4 Å². The van der Waals surface area contributed by atoms with E-state index >= 15 is 0 Å². The minimum Gasteiger partial charge on any atom is -0.352 e. The van der Waals surface area contributed by atoms with E-state index in [0.717, 1.165) is 16.4 Å². The van der Waals surface area contributed by atoms with E-state index < -0.39 is 4.92 Å². The number of thiophene rings is 1. The van der Waals surface area contributed by atoms with Crippen LogP contribution in [0.15, 0.2) is 47.8 Å². The van der Waals surface area contributed by atoms with E-state index in [1.165, 1.54) is 18.2 Å². The van der Waals surface area contributed by atoms with Crippen LogP contribution in [0.2, 0.25) is 5.02 Å². The van der Waals surface area contributed by atoms with E-state index in [1.807, 2.05) is 29.6 Å². The summed E-state index contributed by atoms with van der Waals surface area (Å²) in [6, 6.07) is 12.0. The summed E-state index contributed by atoms with van der Waals surface area (Å²) >= 11 is 7.44. The zero-order valence-corrected chi connectivity index (χ0v) is 16.8. The molecule has 1 aromatic carbocycles. The minimum atomic E-state index is -0.588. The van der Waals surface area contributed by atoms with Crippen LogP contribution in [0.5, 0.6) is 0 Å². The molecule has 2 aromatic heterocycles. The molecule has 3 aromatic rings. The van der Waals surface area contributed by atoms with Gasteiger partial charge in [-0.3, -0.25) is 14.9 Å². The maximum absolute atomic E-state index is 12.7. The Labute approximate surface area is 175 Å². The maximum Gasteiger partial charge on any atom is 0.288 e. The molecule has 148 valence electrons. The summed E-state index contributed by atoms with van der Waals surface area (Å²) in [5.41, 5.74) is 0.828. The average molecular weight is 430 g/mol. The molecular weight excluding hydrogens is 414 g/mol. The van der Waals surface area contributed by atoms with Crippen LogP contribution in [0.25, 0.3) is 10.6 Å². The lowest BCUT2D eigenvalue weighted by Crippen LogP contribution is -2.49. The second kappa shape index (κ2) is 8.14. The molecule has 0 aliphatic carbocycles. The van der Waals surface area contributed by atoms with E-state index in [-0.39, 0.29) is 22.2 Å². The number of carbonyl (C=O) groups excluding carboxylic acids is 1. The highest BCUT2D eigenvalue weighted by atomic mass is 35.5. The summed E-state index contributed by atoms with van der Waals surface area (Å²) < 4.78 is 0. The molecule has 0 spiro atoms. The molecule has 1 fully saturated rings. The maximum atomic E-state index is 12.7. The van der Waals surface area contributed by atoms with Crippen molar-refractivity contribution in [3.8, 4) is 10.6 Å². The molecular formula is C19H16ClN5O3S. The van der Waals surface area contributed by atoms with Gasteiger partial charge in [0.15, 0.2) is 5.82 Å². The normalized spacial score (nSPS) is 14.1. The molecule has 29 heavy (non-hydrogen) atoms. The molecule has 0 radical (unpaired) electrons. The van der Waals surface area contributed by atoms with Crippen LogP contribution in [-0.2, 0) is 0 Å². The number of halogens is 1. The molecule has 1 aliphatic heterocycles. The fourth-order valence-electron chi connectivity index (χ4n) is 3.16. The number of hydrogen-bond acceptors (Lipinski definition) is 7. The Kier molecular flexibility index (Phi) is 5.41. The molecule has 3 heterocycles. The zero-order valence-electron chi connectivity index (χ0n) is 15.2. The molecule has 0 saturated carbocycles. The predicted octanol–water partition coefficient (Wildman–Crippen LogP) is 3.73. The van der Waals surface area contributed by atoms with Crippen LogP contribution in [0.3, 0.4) is 0 Å². The SMILES string of the molecule is O=C(c1ccc(Cl)c([N+](=O)[O-])c1)N1CCN(c2ccc(-c3cccs3)nn2)CC1. The molecule has 10 heteroatoms. The Morgan fingerprint density at radius 3 is 2.52 bits per heavy atom. The smallest absolute Gasteiger partial charge is 0.288 e. The number of nitro benzene ring substituents is 1. The Morgan fingerprint density at radius 2 is 1.90 bits per heavy atom. The summed E-state index contributed by atoms with van der Waals surface area (Å²) in [5.74, 6) is 0.517. The van der Waals surface area contributed by atoms with Gasteiger partial charge in [0.25, 0.3) is 11.6 Å². The molecule has 0 bridgehead atoms. The Morgan fingerprint density at radius 1 is 1.10 bits per heavy atom. The van der Waals surface area contributed by atoms with E-state index in [2.05, 4.69) is 15.1 Å². The predicted molar refractivity (Wildman–Crippen MR) is 112 cm³/mol. The zero-order chi connectivity index (χ0) is 20.4. The number of carbonyl (C=O) groups is 1. The van der Waals surface area contributed by atoms with Gasteiger partial charge in [0.05, 0.1) is 9.80 Å². The second-order valence-corrected chi connectivity index (χ2v) is 7.81. The van der Waals surface area contributed by atoms with Crippen molar-refractivity contribution >= 4 is 40.4 Å². The average Bonchev–Trinajstić information content (AvgIpc) is 3.29. The molecule has 0 unspecified atom stereocenters. The molecule has 4 rings (SSSR count). The fourth-order valence-corrected chi connectivity index (χ4v) is 4.03. The van der Waals surface area contributed by atoms with Gasteiger partial charge in [-0.2, -0.15) is 0 Å². The number of aromatic nitrogens is 2. The van der Waals surface area contributed by atoms with E-state index in [1.54, 1.807) is 16.2 Å². The number of anilines is 1. The van der Waals surface area contributed by atoms with Crippen molar-refractivity contribution < 1.29 is 9.72 Å². The second-order valence-electron chi connectivity index (χ2n) is 6.46. The van der Waals surface area contributed by atoms with Crippen molar-refractivity contribution in [3.05, 3.63) is 68.5 Å². The molecule has 1 saturated heterocycles. The third kappa shape index (κ3) is 4.06. The van der Waals surface area contributed by atoms with Crippen LogP contribution in [0, 0.1) is 10.1 Å². The Bertz CT molecular complexity index is 1030. The fraction of sp³-hybridized carbons (Fsp3) is 0.211. The van der Waals surface area contributed by atoms with Crippen LogP contribution >= 0.6 is 22.9 Å². The van der Waals surface area contributed by atoms with Crippen molar-refractivity contribution in [2.24, 2.45) is 0 Å². The highest BCUT2D eigenvalue weighted by Gasteiger charge is 2.25. The summed E-state index contributed by atoms with van der Waals surface area (Å²) in [4.78, 5) is 28.0. The molecule has 0 atom stereocenters. The first-order chi connectivity index (χ1) is 14.0. The summed E-state index contributed by atoms with van der Waals surface area (Å²) in [6.07, 6.45) is 0. The van der Waals surface area contributed by atoms with Crippen molar-refractivity contribution in [3.63, 3.8) is 0 Å². The lowest BCUT2D eigenvalue weighted by atomic mass is 10.1. The Hall–Kier alpha value is -3.04. The number of hydrogen-bond donors (Lipinski definition) is 0. The lowest BCUT2D eigenvalue weighted by molar-refractivity contribution is -0.384. The van der Waals surface area contributed by atoms with Crippen molar-refractivity contribution in [2.45, 2.75) is 0 Å². The number of nitrogens with zero attached hydrogens (tertiary/aromatic N) is 5. The number of nitro groups is 1. The van der Waals surface area contributed by atoms with Crippen LogP contribution in [0.4, 0.5) is 11.5 Å². The largest absolute Gasteiger partial charge is 0.352 e. The van der Waals surface area contributed by atoms with E-state index in [0.29, 0.717) is 26.2 Å². The van der Waals surface area contributed by atoms with Gasteiger partial charge in [0.2, 0.25) is 0 Å². The quantitative estimate of drug-likeness (QED) is 0.463. The monoisotopic (exact) mass is 429 g/mol. The summed E-state index contributed by atoms with van der Waals surface area (Å²) in [7, 11) is 0. The Balaban J connectivity index is 1.41. The van der Waals surface area contributed by atoms with Crippen LogP contribution in [-0.4, -0.2) is 52.1 Å². The van der Waals surface area contributed by atoms with E-state index in [4.69, 9.17) is 11.6 Å². The first kappa shape index (κ1) is 19.3. The first-order valence-electron chi connectivity index (χ1n) is 8.89. The van der Waals surface area contributed by atoms with Crippen molar-refractivity contribution in [1.82, 2.24) is 15.1 Å². The van der Waals surface area contributed by atoms with Crippen molar-refractivity contribution in [2.75, 3.05) is 31.1 Å². The minimum absolute atomic E-state index is 0.0148. The first-order valence-corrected chi connectivity index (χ1v) is 10.1. The van der Waals surface area contributed by atoms with Gasteiger partial charge in [0.1, 0.15) is 10.7 Å². The number of rotatable bonds is 4. The molecule has 1 aliphatic rings. The van der Waals surface area contributed by atoms with E-state index in [9.17, 15) is 14.9 Å². The number of piperazine rings is 1. The highest BCUT2D eigenvalue weighted by Crippen LogP contribution is 2.26. The van der Waals surface area contributed by atoms with Gasteiger partial charge in [-0.1, -0.05) is 17.7 Å². The van der Waals surface area contributed by atoms with Gasteiger partial charge in [-0.25, -0.2) is 0 Å². The molecule has 0 N–H and O–H groups in total. The van der Waals surface area contributed by atoms with Gasteiger partial charge in [-0.05, 0) is 35.7 Å². The molecule has 1 amide bonds. The summed E-state index contributed by atoms with van der Waals surface area (Å²) in [6.45, 7) is 2.19. The van der Waals surface area contributed by atoms with Gasteiger partial charge >= 0.3 is 0 Å². The van der Waals surface area contributed by atoms with Gasteiger partial charge in [0, 0.05) is 37.8 Å². The highest BCUT2D eigenvalue weighted by molar-refractivity contribution is 7.13. The van der Waals surface area contributed by atoms with Gasteiger partial charge in [-0.15, -0.1) is 21.5 Å². The third-order valence-corrected chi connectivity index (χ3v) is 5.92. The number of amides is 1. The third-order valence-electron chi connectivity index (χ3n) is 4.70. The van der Waals surface area contributed by atoms with Crippen LogP contribution < -0.4 is 4.90 Å². The van der Waals surface area contributed by atoms with Crippen molar-refractivity contribution in [1.29, 1.82) is 0 Å². The summed E-state index contributed by atoms with van der Waals surface area (Å²) in [5, 5.41) is 21.7. The standard InChI is InChI=1S/C19H16ClN5O3S/c20-14-4-3-13(12-16(14)25(27)28)19(26)24-9-7-23(8-10-24)18-6-5-15(21-22-18)17-2-1-11-29-17/h1-6,11-12H,7-10H2. The number of benzene rings is 1.